The second-order valence-electron chi connectivity index (χ2n) is 3.31. The maximum absolute atomic E-state index is 11.0. The van der Waals surface area contributed by atoms with Crippen molar-refractivity contribution in [3.05, 3.63) is 0 Å². The molecule has 0 saturated heterocycles. The first-order chi connectivity index (χ1) is 6.27. The van der Waals surface area contributed by atoms with Crippen molar-refractivity contribution in [1.29, 1.82) is 0 Å². The Morgan fingerprint density at radius 1 is 1.69 bits per heavy atom. The van der Waals surface area contributed by atoms with Gasteiger partial charge in [0.15, 0.2) is 0 Å². The molecule has 0 aromatic rings. The molecule has 1 N–H and O–H groups in total. The number of carbonyl (C=O) groups is 1. The zero-order valence-electron chi connectivity index (χ0n) is 7.82. The van der Waals surface area contributed by atoms with Crippen LogP contribution in [0.3, 0.4) is 0 Å². The topological polar surface area (TPSA) is 58.9 Å². The van der Waals surface area contributed by atoms with Crippen LogP contribution in [-0.2, 0) is 9.53 Å². The summed E-state index contributed by atoms with van der Waals surface area (Å²) in [6.07, 6.45) is 4.22. The van der Waals surface area contributed by atoms with E-state index in [1.54, 1.807) is 0 Å². The summed E-state index contributed by atoms with van der Waals surface area (Å²) in [5, 5.41) is 11.9. The zero-order valence-corrected chi connectivity index (χ0v) is 7.82. The largest absolute Gasteiger partial charge is 0.469 e. The summed E-state index contributed by atoms with van der Waals surface area (Å²) in [4.78, 5) is 11.0. The van der Waals surface area contributed by atoms with Crippen molar-refractivity contribution < 1.29 is 14.7 Å². The number of ether oxygens (including phenoxy) is 1. The summed E-state index contributed by atoms with van der Waals surface area (Å²) in [5.74, 6) is -0.140. The predicted octanol–water partition coefficient (Wildman–Crippen LogP) is 1.57. The summed E-state index contributed by atoms with van der Waals surface area (Å²) in [7, 11) is 1.38. The van der Waals surface area contributed by atoms with E-state index in [2.05, 4.69) is 9.89 Å². The monoisotopic (exact) mass is 185 g/mol. The Labute approximate surface area is 77.6 Å². The molecule has 0 bridgehead atoms. The van der Waals surface area contributed by atoms with Crippen LogP contribution in [-0.4, -0.2) is 24.0 Å². The lowest BCUT2D eigenvalue weighted by Gasteiger charge is -2.21. The standard InChI is InChI=1S/C9H15NO3/c1-13-9(11)6-7-4-2-3-5-8(7)10-12/h7,12H,2-6H2,1H3/b10-8-/t7-/m1/s1. The number of hydrogen-bond acceptors (Lipinski definition) is 4. The first-order valence-electron chi connectivity index (χ1n) is 4.55. The van der Waals surface area contributed by atoms with Crippen molar-refractivity contribution in [1.82, 2.24) is 0 Å². The molecule has 1 saturated carbocycles. The Bertz CT molecular complexity index is 213. The molecule has 0 unspecified atom stereocenters. The fourth-order valence-corrected chi connectivity index (χ4v) is 1.70. The second-order valence-corrected chi connectivity index (χ2v) is 3.31. The molecule has 1 aliphatic carbocycles. The summed E-state index contributed by atoms with van der Waals surface area (Å²) in [6.45, 7) is 0. The van der Waals surface area contributed by atoms with Gasteiger partial charge in [0.25, 0.3) is 0 Å². The quantitative estimate of drug-likeness (QED) is 0.403. The van der Waals surface area contributed by atoms with E-state index >= 15 is 0 Å². The first kappa shape index (κ1) is 10.0. The van der Waals surface area contributed by atoms with Crippen LogP contribution in [0.25, 0.3) is 0 Å². The van der Waals surface area contributed by atoms with E-state index in [1.807, 2.05) is 0 Å². The van der Waals surface area contributed by atoms with Crippen LogP contribution < -0.4 is 0 Å². The molecule has 0 aromatic heterocycles. The molecule has 4 nitrogen and oxygen atoms in total. The van der Waals surface area contributed by atoms with Gasteiger partial charge in [0.05, 0.1) is 19.2 Å². The minimum atomic E-state index is -0.229. The van der Waals surface area contributed by atoms with Crippen molar-refractivity contribution in [2.45, 2.75) is 32.1 Å². The summed E-state index contributed by atoms with van der Waals surface area (Å²) >= 11 is 0. The molecule has 0 heterocycles. The Hall–Kier alpha value is -1.06. The maximum atomic E-state index is 11.0. The average Bonchev–Trinajstić information content (AvgIpc) is 2.18. The van der Waals surface area contributed by atoms with Gasteiger partial charge in [-0.3, -0.25) is 4.79 Å². The van der Waals surface area contributed by atoms with Gasteiger partial charge in [-0.2, -0.15) is 0 Å². The van der Waals surface area contributed by atoms with E-state index in [0.29, 0.717) is 6.42 Å². The van der Waals surface area contributed by atoms with E-state index in [1.165, 1.54) is 7.11 Å². The number of nitrogens with zero attached hydrogens (tertiary/aromatic N) is 1. The molecule has 1 fully saturated rings. The van der Waals surface area contributed by atoms with Crippen molar-refractivity contribution in [3.8, 4) is 0 Å². The maximum Gasteiger partial charge on any atom is 0.306 e. The van der Waals surface area contributed by atoms with Crippen molar-refractivity contribution in [2.24, 2.45) is 11.1 Å². The second kappa shape index (κ2) is 4.84. The third-order valence-electron chi connectivity index (χ3n) is 2.48. The molecule has 1 atom stereocenters. The van der Waals surface area contributed by atoms with Crippen LogP contribution in [0.5, 0.6) is 0 Å². The molecular formula is C9H15NO3. The Morgan fingerprint density at radius 2 is 2.46 bits per heavy atom. The lowest BCUT2D eigenvalue weighted by Crippen LogP contribution is -2.22. The van der Waals surface area contributed by atoms with Gasteiger partial charge in [0, 0.05) is 5.92 Å². The van der Waals surface area contributed by atoms with Crippen LogP contribution in [0.4, 0.5) is 0 Å². The van der Waals surface area contributed by atoms with E-state index < -0.39 is 0 Å². The number of hydrogen-bond donors (Lipinski definition) is 1. The normalized spacial score (nSPS) is 25.9. The first-order valence-corrected chi connectivity index (χ1v) is 4.55. The molecule has 4 heteroatoms. The van der Waals surface area contributed by atoms with E-state index in [4.69, 9.17) is 5.21 Å². The van der Waals surface area contributed by atoms with Crippen molar-refractivity contribution in [3.63, 3.8) is 0 Å². The van der Waals surface area contributed by atoms with Crippen molar-refractivity contribution in [2.75, 3.05) is 7.11 Å². The number of carbonyl (C=O) groups excluding carboxylic acids is 1. The minimum absolute atomic E-state index is 0.0891. The molecule has 13 heavy (non-hydrogen) atoms. The van der Waals surface area contributed by atoms with Gasteiger partial charge in [-0.1, -0.05) is 11.6 Å². The fourth-order valence-electron chi connectivity index (χ4n) is 1.70. The lowest BCUT2D eigenvalue weighted by atomic mass is 9.85. The number of esters is 1. The fraction of sp³-hybridized carbons (Fsp3) is 0.778. The molecule has 1 aliphatic rings. The molecule has 74 valence electrons. The summed E-state index contributed by atoms with van der Waals surface area (Å²) in [6, 6.07) is 0. The third kappa shape index (κ3) is 2.72. The SMILES string of the molecule is COC(=O)C[C@H]1CCCC/C1=N/O. The molecule has 1 rings (SSSR count). The summed E-state index contributed by atoms with van der Waals surface area (Å²) < 4.78 is 4.57. The van der Waals surface area contributed by atoms with Gasteiger partial charge in [-0.15, -0.1) is 0 Å². The molecule has 0 radical (unpaired) electrons. The van der Waals surface area contributed by atoms with Gasteiger partial charge in [-0.05, 0) is 19.3 Å². The molecule has 0 aromatic carbocycles. The Balaban J connectivity index is 2.50. The van der Waals surface area contributed by atoms with Gasteiger partial charge in [0.1, 0.15) is 0 Å². The highest BCUT2D eigenvalue weighted by molar-refractivity contribution is 5.89. The highest BCUT2D eigenvalue weighted by atomic mass is 16.5. The molecular weight excluding hydrogens is 170 g/mol. The van der Waals surface area contributed by atoms with Crippen LogP contribution in [0.1, 0.15) is 32.1 Å². The van der Waals surface area contributed by atoms with Gasteiger partial charge < -0.3 is 9.94 Å². The van der Waals surface area contributed by atoms with E-state index in [0.717, 1.165) is 31.4 Å². The van der Waals surface area contributed by atoms with Crippen molar-refractivity contribution >= 4 is 11.7 Å². The van der Waals surface area contributed by atoms with E-state index in [9.17, 15) is 4.79 Å². The average molecular weight is 185 g/mol. The van der Waals surface area contributed by atoms with Gasteiger partial charge >= 0.3 is 5.97 Å². The molecule has 0 amide bonds. The number of oxime groups is 1. The lowest BCUT2D eigenvalue weighted by molar-refractivity contribution is -0.141. The van der Waals surface area contributed by atoms with Gasteiger partial charge in [-0.25, -0.2) is 0 Å². The molecule has 0 aliphatic heterocycles. The predicted molar refractivity (Wildman–Crippen MR) is 47.8 cm³/mol. The van der Waals surface area contributed by atoms with Crippen LogP contribution in [0, 0.1) is 5.92 Å². The van der Waals surface area contributed by atoms with Crippen LogP contribution >= 0.6 is 0 Å². The van der Waals surface area contributed by atoms with Gasteiger partial charge in [0.2, 0.25) is 0 Å². The number of methoxy groups -OCH3 is 1. The van der Waals surface area contributed by atoms with Crippen LogP contribution in [0.2, 0.25) is 0 Å². The third-order valence-corrected chi connectivity index (χ3v) is 2.48. The Kier molecular flexibility index (Phi) is 3.73. The highest BCUT2D eigenvalue weighted by Crippen LogP contribution is 2.24. The minimum Gasteiger partial charge on any atom is -0.469 e. The highest BCUT2D eigenvalue weighted by Gasteiger charge is 2.23. The van der Waals surface area contributed by atoms with Crippen LogP contribution in [0.15, 0.2) is 5.16 Å². The summed E-state index contributed by atoms with van der Waals surface area (Å²) in [5.41, 5.74) is 0.747. The Morgan fingerprint density at radius 3 is 3.08 bits per heavy atom. The molecule has 0 spiro atoms. The van der Waals surface area contributed by atoms with E-state index in [-0.39, 0.29) is 11.9 Å². The number of rotatable bonds is 2. The smallest absolute Gasteiger partial charge is 0.306 e. The zero-order chi connectivity index (χ0) is 9.68.